The largest absolute Gasteiger partial charge is 0.370 e. The topological polar surface area (TPSA) is 45.2 Å². The van der Waals surface area contributed by atoms with Crippen LogP contribution in [0.15, 0.2) is 12.1 Å². The van der Waals surface area contributed by atoms with Gasteiger partial charge in [0.25, 0.3) is 5.91 Å². The molecule has 0 aliphatic heterocycles. The van der Waals surface area contributed by atoms with Crippen LogP contribution in [-0.4, -0.2) is 34.9 Å². The Bertz CT molecular complexity index is 460. The van der Waals surface area contributed by atoms with Crippen LogP contribution in [0.3, 0.4) is 0 Å². The van der Waals surface area contributed by atoms with Gasteiger partial charge in [-0.1, -0.05) is 18.5 Å². The highest BCUT2D eigenvalue weighted by molar-refractivity contribution is 6.29. The van der Waals surface area contributed by atoms with Gasteiger partial charge in [0, 0.05) is 24.7 Å². The first-order chi connectivity index (χ1) is 9.15. The molecule has 1 N–H and O–H groups in total. The number of amides is 1. The average Bonchev–Trinajstić information content (AvgIpc) is 3.21. The van der Waals surface area contributed by atoms with Gasteiger partial charge in [-0.3, -0.25) is 4.79 Å². The van der Waals surface area contributed by atoms with Crippen molar-refractivity contribution in [2.45, 2.75) is 39.2 Å². The summed E-state index contributed by atoms with van der Waals surface area (Å²) in [6.45, 7) is 5.65. The number of carbonyl (C=O) groups excluding carboxylic acids is 1. The Labute approximate surface area is 119 Å². The van der Waals surface area contributed by atoms with Crippen LogP contribution in [0, 0.1) is 0 Å². The van der Waals surface area contributed by atoms with E-state index in [4.69, 9.17) is 11.6 Å². The number of nitrogens with zero attached hydrogens (tertiary/aromatic N) is 2. The zero-order valence-electron chi connectivity index (χ0n) is 11.4. The summed E-state index contributed by atoms with van der Waals surface area (Å²) in [4.78, 5) is 18.5. The Kier molecular flexibility index (Phi) is 4.64. The quantitative estimate of drug-likeness (QED) is 0.815. The minimum atomic E-state index is 0.0499. The van der Waals surface area contributed by atoms with E-state index in [1.807, 2.05) is 11.8 Å². The molecule has 1 aromatic heterocycles. The molecule has 1 aliphatic rings. The maximum absolute atomic E-state index is 12.4. The lowest BCUT2D eigenvalue weighted by molar-refractivity contribution is 0.0752. The molecule has 1 aliphatic carbocycles. The van der Waals surface area contributed by atoms with Crippen molar-refractivity contribution in [1.82, 2.24) is 9.88 Å². The van der Waals surface area contributed by atoms with E-state index in [0.717, 1.165) is 32.4 Å². The maximum Gasteiger partial charge on any atom is 0.254 e. The van der Waals surface area contributed by atoms with Crippen LogP contribution in [0.2, 0.25) is 5.15 Å². The Balaban J connectivity index is 2.17. The van der Waals surface area contributed by atoms with Gasteiger partial charge in [0.1, 0.15) is 11.0 Å². The minimum absolute atomic E-state index is 0.0499. The fraction of sp³-hybridized carbons (Fsp3) is 0.571. The van der Waals surface area contributed by atoms with Crippen LogP contribution in [0.4, 0.5) is 5.82 Å². The molecule has 0 radical (unpaired) electrons. The summed E-state index contributed by atoms with van der Waals surface area (Å²) in [6.07, 6.45) is 3.22. The third-order valence-corrected chi connectivity index (χ3v) is 3.38. The van der Waals surface area contributed by atoms with Crippen molar-refractivity contribution in [3.8, 4) is 0 Å². The highest BCUT2D eigenvalue weighted by Gasteiger charge is 2.32. The highest BCUT2D eigenvalue weighted by Crippen LogP contribution is 2.28. The van der Waals surface area contributed by atoms with Gasteiger partial charge in [0.2, 0.25) is 0 Å². The second-order valence-electron chi connectivity index (χ2n) is 4.81. The van der Waals surface area contributed by atoms with Gasteiger partial charge in [0.05, 0.1) is 0 Å². The van der Waals surface area contributed by atoms with Gasteiger partial charge in [-0.15, -0.1) is 0 Å². The molecule has 1 aromatic rings. The smallest absolute Gasteiger partial charge is 0.254 e. The normalized spacial score (nSPS) is 14.3. The van der Waals surface area contributed by atoms with Gasteiger partial charge < -0.3 is 10.2 Å². The van der Waals surface area contributed by atoms with Gasteiger partial charge in [-0.05, 0) is 38.3 Å². The number of anilines is 1. The van der Waals surface area contributed by atoms with Gasteiger partial charge >= 0.3 is 0 Å². The van der Waals surface area contributed by atoms with Crippen molar-refractivity contribution in [2.75, 3.05) is 18.4 Å². The summed E-state index contributed by atoms with van der Waals surface area (Å²) in [5.41, 5.74) is 0.618. The lowest BCUT2D eigenvalue weighted by Crippen LogP contribution is -2.32. The zero-order valence-corrected chi connectivity index (χ0v) is 12.2. The lowest BCUT2D eigenvalue weighted by atomic mass is 10.2. The van der Waals surface area contributed by atoms with E-state index in [-0.39, 0.29) is 5.91 Å². The number of nitrogens with one attached hydrogen (secondary N) is 1. The number of halogens is 1. The minimum Gasteiger partial charge on any atom is -0.370 e. The monoisotopic (exact) mass is 281 g/mol. The molecule has 0 saturated heterocycles. The van der Waals surface area contributed by atoms with Crippen molar-refractivity contribution in [1.29, 1.82) is 0 Å². The maximum atomic E-state index is 12.4. The number of aromatic nitrogens is 1. The summed E-state index contributed by atoms with van der Waals surface area (Å²) in [7, 11) is 0. The van der Waals surface area contributed by atoms with Crippen molar-refractivity contribution >= 4 is 23.3 Å². The van der Waals surface area contributed by atoms with E-state index >= 15 is 0 Å². The van der Waals surface area contributed by atoms with Gasteiger partial charge in [0.15, 0.2) is 0 Å². The second kappa shape index (κ2) is 6.24. The lowest BCUT2D eigenvalue weighted by Gasteiger charge is -2.20. The molecule has 1 heterocycles. The van der Waals surface area contributed by atoms with Crippen molar-refractivity contribution in [3.63, 3.8) is 0 Å². The summed E-state index contributed by atoms with van der Waals surface area (Å²) in [5, 5.41) is 3.52. The second-order valence-corrected chi connectivity index (χ2v) is 5.20. The van der Waals surface area contributed by atoms with Crippen LogP contribution < -0.4 is 5.32 Å². The van der Waals surface area contributed by atoms with Crippen LogP contribution in [-0.2, 0) is 0 Å². The molecule has 1 saturated carbocycles. The first kappa shape index (κ1) is 14.1. The molecule has 5 heteroatoms. The fourth-order valence-corrected chi connectivity index (χ4v) is 2.29. The predicted octanol–water partition coefficient (Wildman–Crippen LogP) is 3.18. The molecule has 0 unspecified atom stereocenters. The number of carbonyl (C=O) groups is 1. The van der Waals surface area contributed by atoms with E-state index in [1.165, 1.54) is 0 Å². The molecule has 0 spiro atoms. The molecule has 0 bridgehead atoms. The Hall–Kier alpha value is -1.29. The van der Waals surface area contributed by atoms with Crippen molar-refractivity contribution < 1.29 is 4.79 Å². The van der Waals surface area contributed by atoms with Crippen LogP contribution >= 0.6 is 11.6 Å². The van der Waals surface area contributed by atoms with Gasteiger partial charge in [-0.25, -0.2) is 4.98 Å². The molecule has 1 fully saturated rings. The third kappa shape index (κ3) is 3.60. The first-order valence-electron chi connectivity index (χ1n) is 6.88. The van der Waals surface area contributed by atoms with E-state index in [1.54, 1.807) is 12.1 Å². The van der Waals surface area contributed by atoms with Crippen LogP contribution in [0.25, 0.3) is 0 Å². The highest BCUT2D eigenvalue weighted by atomic mass is 35.5. The first-order valence-corrected chi connectivity index (χ1v) is 7.26. The number of hydrogen-bond acceptors (Lipinski definition) is 3. The third-order valence-electron chi connectivity index (χ3n) is 3.19. The standard InChI is InChI=1S/C14H20ClN3O/c1-3-7-16-13-9-10(8-12(15)17-13)14(19)18(4-2)11-5-6-11/h8-9,11H,3-7H2,1-2H3,(H,16,17). The van der Waals surface area contributed by atoms with Crippen LogP contribution in [0.1, 0.15) is 43.5 Å². The molecule has 0 aromatic carbocycles. The van der Waals surface area contributed by atoms with E-state index in [0.29, 0.717) is 22.6 Å². The molecule has 104 valence electrons. The Morgan fingerprint density at radius 3 is 2.79 bits per heavy atom. The molecule has 2 rings (SSSR count). The van der Waals surface area contributed by atoms with E-state index < -0.39 is 0 Å². The molecule has 0 atom stereocenters. The van der Waals surface area contributed by atoms with Crippen LogP contribution in [0.5, 0.6) is 0 Å². The molecule has 1 amide bonds. The number of hydrogen-bond donors (Lipinski definition) is 1. The summed E-state index contributed by atoms with van der Waals surface area (Å²) in [5.74, 6) is 0.721. The summed E-state index contributed by atoms with van der Waals surface area (Å²) in [6, 6.07) is 3.84. The predicted molar refractivity (Wildman–Crippen MR) is 77.8 cm³/mol. The van der Waals surface area contributed by atoms with E-state index in [9.17, 15) is 4.79 Å². The molecular formula is C14H20ClN3O. The molecule has 4 nitrogen and oxygen atoms in total. The fourth-order valence-electron chi connectivity index (χ4n) is 2.08. The van der Waals surface area contributed by atoms with Crippen molar-refractivity contribution in [2.24, 2.45) is 0 Å². The Morgan fingerprint density at radius 2 is 2.21 bits per heavy atom. The number of rotatable bonds is 6. The van der Waals surface area contributed by atoms with E-state index in [2.05, 4.69) is 17.2 Å². The SMILES string of the molecule is CCCNc1cc(C(=O)N(CC)C2CC2)cc(Cl)n1. The molecule has 19 heavy (non-hydrogen) atoms. The van der Waals surface area contributed by atoms with Gasteiger partial charge in [-0.2, -0.15) is 0 Å². The Morgan fingerprint density at radius 1 is 1.47 bits per heavy atom. The number of pyridine rings is 1. The zero-order chi connectivity index (χ0) is 13.8. The average molecular weight is 282 g/mol. The molecular weight excluding hydrogens is 262 g/mol. The summed E-state index contributed by atoms with van der Waals surface area (Å²) < 4.78 is 0. The van der Waals surface area contributed by atoms with Crippen molar-refractivity contribution in [3.05, 3.63) is 22.8 Å². The summed E-state index contributed by atoms with van der Waals surface area (Å²) >= 11 is 5.99.